The van der Waals surface area contributed by atoms with Gasteiger partial charge in [0.15, 0.2) is 0 Å². The second-order valence-electron chi connectivity index (χ2n) is 9.09. The summed E-state index contributed by atoms with van der Waals surface area (Å²) in [5.41, 5.74) is 3.31. The van der Waals surface area contributed by atoms with E-state index in [1.807, 2.05) is 45.0 Å². The number of rotatable bonds is 7. The Labute approximate surface area is 215 Å². The number of hydrogen-bond acceptors (Lipinski definition) is 5. The van der Waals surface area contributed by atoms with Crippen molar-refractivity contribution < 1.29 is 5.11 Å². The molecule has 0 spiro atoms. The lowest BCUT2D eigenvalue weighted by Crippen LogP contribution is -2.47. The Balaban J connectivity index is 0.00000199. The van der Waals surface area contributed by atoms with E-state index in [1.54, 1.807) is 19.3 Å². The lowest BCUT2D eigenvalue weighted by molar-refractivity contribution is 0.124. The van der Waals surface area contributed by atoms with Crippen LogP contribution >= 0.6 is 15.9 Å². The van der Waals surface area contributed by atoms with E-state index in [-0.39, 0.29) is 5.75 Å². The average Bonchev–Trinajstić information content (AvgIpc) is 3.26. The molecule has 1 heterocycles. The summed E-state index contributed by atoms with van der Waals surface area (Å²) in [6.45, 7) is 12.8. The van der Waals surface area contributed by atoms with E-state index < -0.39 is 0 Å². The van der Waals surface area contributed by atoms with Gasteiger partial charge in [-0.3, -0.25) is 14.9 Å². The first-order valence-corrected chi connectivity index (χ1v) is 13.5. The quantitative estimate of drug-likeness (QED) is 0.386. The van der Waals surface area contributed by atoms with Gasteiger partial charge in [0.2, 0.25) is 0 Å². The van der Waals surface area contributed by atoms with E-state index in [2.05, 4.69) is 45.0 Å². The lowest BCUT2D eigenvalue weighted by Gasteiger charge is -2.38. The molecule has 2 atom stereocenters. The van der Waals surface area contributed by atoms with E-state index in [4.69, 9.17) is 4.99 Å². The molecule has 1 saturated carbocycles. The van der Waals surface area contributed by atoms with Crippen molar-refractivity contribution in [3.05, 3.63) is 51.8 Å². The number of halogens is 1. The number of piperidine rings is 1. The maximum Gasteiger partial charge on any atom is 0.124 e. The zero-order valence-corrected chi connectivity index (χ0v) is 23.4. The number of likely N-dealkylation sites (tertiary alicyclic amines) is 1. The van der Waals surface area contributed by atoms with Gasteiger partial charge in [-0.05, 0) is 79.6 Å². The number of nitrogens with one attached hydrogen (secondary N) is 1. The second kappa shape index (κ2) is 14.5. The van der Waals surface area contributed by atoms with Crippen LogP contribution in [0.5, 0.6) is 5.75 Å². The molecule has 0 aromatic heterocycles. The summed E-state index contributed by atoms with van der Waals surface area (Å²) in [5.74, 6) is 1.06. The number of phenols is 1. The van der Waals surface area contributed by atoms with Gasteiger partial charge in [-0.1, -0.05) is 39.3 Å². The zero-order chi connectivity index (χ0) is 25.1. The molecule has 1 aliphatic carbocycles. The highest BCUT2D eigenvalue weighted by Crippen LogP contribution is 2.31. The normalized spacial score (nSPS) is 23.5. The summed E-state index contributed by atoms with van der Waals surface area (Å²) in [4.78, 5) is 11.6. The third-order valence-corrected chi connectivity index (χ3v) is 7.43. The molecule has 0 bridgehead atoms. The van der Waals surface area contributed by atoms with Crippen molar-refractivity contribution in [1.82, 2.24) is 10.2 Å². The third-order valence-electron chi connectivity index (χ3n) is 6.66. The Hall–Kier alpha value is -1.92. The van der Waals surface area contributed by atoms with Crippen LogP contribution in [0.3, 0.4) is 0 Å². The molecule has 2 aliphatic rings. The molecule has 1 aromatic rings. The van der Waals surface area contributed by atoms with Gasteiger partial charge < -0.3 is 10.4 Å². The minimum Gasteiger partial charge on any atom is -0.507 e. The number of benzene rings is 1. The molecule has 5 nitrogen and oxygen atoms in total. The molecule has 0 amide bonds. The Kier molecular flexibility index (Phi) is 12.1. The molecular formula is C28H43BrN4O. The molecule has 2 N–H and O–H groups in total. The average molecular weight is 532 g/mol. The monoisotopic (exact) mass is 530 g/mol. The topological polar surface area (TPSA) is 60.2 Å². The smallest absolute Gasteiger partial charge is 0.124 e. The molecule has 3 rings (SSSR count). The van der Waals surface area contributed by atoms with Crippen molar-refractivity contribution in [1.29, 1.82) is 0 Å². The Morgan fingerprint density at radius 3 is 2.38 bits per heavy atom. The van der Waals surface area contributed by atoms with Crippen LogP contribution in [0.15, 0.2) is 56.2 Å². The summed E-state index contributed by atoms with van der Waals surface area (Å²) < 4.78 is 0.820. The first-order valence-electron chi connectivity index (χ1n) is 12.7. The van der Waals surface area contributed by atoms with Crippen LogP contribution in [0.4, 0.5) is 0 Å². The SMILES string of the molecule is CC.CN=C/C(Br)=C(C)/N=C(/C=C(\C)NC1CCN(C2CCCC2C)CC1)c1ccccc1O. The largest absolute Gasteiger partial charge is 0.507 e. The van der Waals surface area contributed by atoms with E-state index >= 15 is 0 Å². The molecule has 0 radical (unpaired) electrons. The fourth-order valence-electron chi connectivity index (χ4n) is 4.91. The summed E-state index contributed by atoms with van der Waals surface area (Å²) in [7, 11) is 1.73. The Morgan fingerprint density at radius 2 is 1.79 bits per heavy atom. The van der Waals surface area contributed by atoms with Crippen molar-refractivity contribution in [2.75, 3.05) is 20.1 Å². The first kappa shape index (κ1) is 28.3. The first-order chi connectivity index (χ1) is 16.4. The molecule has 2 fully saturated rings. The maximum absolute atomic E-state index is 10.4. The van der Waals surface area contributed by atoms with Crippen LogP contribution in [0.25, 0.3) is 0 Å². The third kappa shape index (κ3) is 8.09. The molecular weight excluding hydrogens is 488 g/mol. The predicted octanol–water partition coefficient (Wildman–Crippen LogP) is 6.68. The van der Waals surface area contributed by atoms with E-state index in [1.165, 1.54) is 32.4 Å². The van der Waals surface area contributed by atoms with Gasteiger partial charge >= 0.3 is 0 Å². The minimum absolute atomic E-state index is 0.224. The van der Waals surface area contributed by atoms with Crippen LogP contribution in [0.2, 0.25) is 0 Å². The number of phenolic OH excluding ortho intramolecular Hbond substituents is 1. The highest BCUT2D eigenvalue weighted by molar-refractivity contribution is 9.12. The van der Waals surface area contributed by atoms with Crippen LogP contribution in [-0.4, -0.2) is 54.2 Å². The van der Waals surface area contributed by atoms with E-state index in [0.717, 1.165) is 46.4 Å². The molecule has 34 heavy (non-hydrogen) atoms. The van der Waals surface area contributed by atoms with Gasteiger partial charge in [0.25, 0.3) is 0 Å². The van der Waals surface area contributed by atoms with Gasteiger partial charge in [0.05, 0.1) is 15.9 Å². The molecule has 6 heteroatoms. The van der Waals surface area contributed by atoms with E-state index in [9.17, 15) is 5.11 Å². The second-order valence-corrected chi connectivity index (χ2v) is 9.95. The van der Waals surface area contributed by atoms with Crippen molar-refractivity contribution in [2.24, 2.45) is 15.9 Å². The van der Waals surface area contributed by atoms with Gasteiger partial charge in [-0.2, -0.15) is 0 Å². The summed E-state index contributed by atoms with van der Waals surface area (Å²) >= 11 is 3.53. The summed E-state index contributed by atoms with van der Waals surface area (Å²) in [5, 5.41) is 14.1. The van der Waals surface area contributed by atoms with Crippen LogP contribution in [0, 0.1) is 5.92 Å². The molecule has 1 aliphatic heterocycles. The molecule has 188 valence electrons. The van der Waals surface area contributed by atoms with E-state index in [0.29, 0.717) is 11.6 Å². The minimum atomic E-state index is 0.224. The van der Waals surface area contributed by atoms with Crippen LogP contribution in [0.1, 0.15) is 72.3 Å². The summed E-state index contributed by atoms with van der Waals surface area (Å²) in [6, 6.07) is 8.60. The highest BCUT2D eigenvalue weighted by Gasteiger charge is 2.31. The van der Waals surface area contributed by atoms with Crippen molar-refractivity contribution in [3.8, 4) is 5.75 Å². The van der Waals surface area contributed by atoms with Crippen LogP contribution < -0.4 is 5.32 Å². The number of hydrogen-bond donors (Lipinski definition) is 2. The predicted molar refractivity (Wildman–Crippen MR) is 150 cm³/mol. The van der Waals surface area contributed by atoms with Crippen molar-refractivity contribution >= 4 is 27.9 Å². The molecule has 1 aromatic carbocycles. The van der Waals surface area contributed by atoms with Gasteiger partial charge in [-0.25, -0.2) is 0 Å². The lowest BCUT2D eigenvalue weighted by atomic mass is 9.98. The zero-order valence-electron chi connectivity index (χ0n) is 21.8. The molecule has 1 saturated heterocycles. The molecule has 2 unspecified atom stereocenters. The van der Waals surface area contributed by atoms with Crippen molar-refractivity contribution in [2.45, 2.75) is 78.8 Å². The number of aromatic hydroxyl groups is 1. The fourth-order valence-corrected chi connectivity index (χ4v) is 5.21. The Bertz CT molecular complexity index is 897. The number of para-hydroxylation sites is 1. The van der Waals surface area contributed by atoms with Crippen molar-refractivity contribution in [3.63, 3.8) is 0 Å². The van der Waals surface area contributed by atoms with Gasteiger partial charge in [-0.15, -0.1) is 0 Å². The van der Waals surface area contributed by atoms with Gasteiger partial charge in [0.1, 0.15) is 5.75 Å². The fraction of sp³-hybridized carbons (Fsp3) is 0.571. The van der Waals surface area contributed by atoms with Crippen LogP contribution in [-0.2, 0) is 0 Å². The summed E-state index contributed by atoms with van der Waals surface area (Å²) in [6.07, 6.45) is 10.2. The van der Waals surface area contributed by atoms with Gasteiger partial charge in [0, 0.05) is 49.7 Å². The number of allylic oxidation sites excluding steroid dienone is 4. The number of aliphatic imine (C=N–C) groups is 2. The number of nitrogens with zero attached hydrogens (tertiary/aromatic N) is 3. The highest BCUT2D eigenvalue weighted by atomic mass is 79.9. The Morgan fingerprint density at radius 1 is 1.12 bits per heavy atom. The maximum atomic E-state index is 10.4. The standard InChI is InChI=1S/C26H37BrN4O.C2H6/c1-18-8-7-10-25(18)31-14-12-21(13-15-31)29-19(2)16-24(22-9-5-6-11-26(22)32)30-20(3)23(27)17-28-4;1-2/h5-6,9,11,16-18,21,25,29,32H,7-8,10,12-15H2,1-4H3;1-2H3/b19-16+,23-20-,28-17?,30-24-;.